The highest BCUT2D eigenvalue weighted by Gasteiger charge is 2.23. The second kappa shape index (κ2) is 6.38. The summed E-state index contributed by atoms with van der Waals surface area (Å²) in [6.45, 7) is 8.29. The van der Waals surface area contributed by atoms with Gasteiger partial charge in [0.25, 0.3) is 0 Å². The highest BCUT2D eigenvalue weighted by Crippen LogP contribution is 2.14. The highest BCUT2D eigenvalue weighted by atomic mass is 16.5. The average molecular weight is 201 g/mol. The fourth-order valence-corrected chi connectivity index (χ4v) is 1.98. The molecule has 1 aliphatic heterocycles. The van der Waals surface area contributed by atoms with E-state index in [-0.39, 0.29) is 12.6 Å². The van der Waals surface area contributed by atoms with E-state index in [1.54, 1.807) is 0 Å². The van der Waals surface area contributed by atoms with Gasteiger partial charge in [0, 0.05) is 13.1 Å². The van der Waals surface area contributed by atoms with Gasteiger partial charge in [-0.05, 0) is 5.92 Å². The van der Waals surface area contributed by atoms with Crippen molar-refractivity contribution in [3.05, 3.63) is 0 Å². The van der Waals surface area contributed by atoms with Crippen LogP contribution in [0.3, 0.4) is 0 Å². The Morgan fingerprint density at radius 1 is 1.43 bits per heavy atom. The van der Waals surface area contributed by atoms with Gasteiger partial charge in [-0.1, -0.05) is 26.7 Å². The van der Waals surface area contributed by atoms with E-state index in [1.165, 1.54) is 12.8 Å². The summed E-state index contributed by atoms with van der Waals surface area (Å²) in [6, 6.07) is 0.226. The zero-order chi connectivity index (χ0) is 10.4. The molecule has 1 heterocycles. The third kappa shape index (κ3) is 3.23. The van der Waals surface area contributed by atoms with Gasteiger partial charge in [0.2, 0.25) is 0 Å². The van der Waals surface area contributed by atoms with E-state index in [4.69, 9.17) is 4.74 Å². The lowest BCUT2D eigenvalue weighted by atomic mass is 10.0. The van der Waals surface area contributed by atoms with Gasteiger partial charge in [0.15, 0.2) is 0 Å². The lowest BCUT2D eigenvalue weighted by molar-refractivity contribution is -0.0338. The first-order chi connectivity index (χ1) is 6.81. The van der Waals surface area contributed by atoms with Crippen molar-refractivity contribution >= 4 is 0 Å². The smallest absolute Gasteiger partial charge is 0.0644 e. The minimum absolute atomic E-state index is 0.222. The van der Waals surface area contributed by atoms with Crippen molar-refractivity contribution in [2.45, 2.75) is 32.7 Å². The van der Waals surface area contributed by atoms with Crippen molar-refractivity contribution < 1.29 is 9.84 Å². The van der Waals surface area contributed by atoms with Crippen LogP contribution in [-0.2, 0) is 4.74 Å². The summed E-state index contributed by atoms with van der Waals surface area (Å²) in [5.74, 6) is 0.766. The van der Waals surface area contributed by atoms with Crippen LogP contribution in [0, 0.1) is 5.92 Å². The molecule has 3 nitrogen and oxygen atoms in total. The fourth-order valence-electron chi connectivity index (χ4n) is 1.98. The summed E-state index contributed by atoms with van der Waals surface area (Å²) in [4.78, 5) is 2.38. The normalized spacial score (nSPS) is 24.4. The Kier molecular flexibility index (Phi) is 5.45. The average Bonchev–Trinajstić information content (AvgIpc) is 2.26. The molecule has 0 radical (unpaired) electrons. The van der Waals surface area contributed by atoms with Crippen LogP contribution in [0.25, 0.3) is 0 Å². The van der Waals surface area contributed by atoms with Crippen molar-refractivity contribution in [1.29, 1.82) is 0 Å². The lowest BCUT2D eigenvalue weighted by Crippen LogP contribution is -2.49. The van der Waals surface area contributed by atoms with Crippen molar-refractivity contribution in [3.63, 3.8) is 0 Å². The first-order valence-electron chi connectivity index (χ1n) is 5.74. The van der Waals surface area contributed by atoms with Crippen LogP contribution in [0.1, 0.15) is 26.7 Å². The van der Waals surface area contributed by atoms with Crippen LogP contribution >= 0.6 is 0 Å². The number of nitrogens with zero attached hydrogens (tertiary/aromatic N) is 1. The molecule has 1 aliphatic rings. The first-order valence-corrected chi connectivity index (χ1v) is 5.74. The molecule has 0 bridgehead atoms. The minimum Gasteiger partial charge on any atom is -0.395 e. The number of rotatable bonds is 5. The van der Waals surface area contributed by atoms with E-state index in [0.717, 1.165) is 25.6 Å². The van der Waals surface area contributed by atoms with Crippen molar-refractivity contribution in [2.24, 2.45) is 5.92 Å². The third-order valence-corrected chi connectivity index (χ3v) is 3.21. The monoisotopic (exact) mass is 201 g/mol. The maximum Gasteiger partial charge on any atom is 0.0644 e. The molecule has 1 unspecified atom stereocenters. The summed E-state index contributed by atoms with van der Waals surface area (Å²) in [5, 5.41) is 9.20. The molecule has 84 valence electrons. The van der Waals surface area contributed by atoms with Crippen molar-refractivity contribution in [1.82, 2.24) is 4.90 Å². The molecule has 1 rings (SSSR count). The molecule has 14 heavy (non-hydrogen) atoms. The fraction of sp³-hybridized carbons (Fsp3) is 1.00. The molecule has 1 saturated heterocycles. The van der Waals surface area contributed by atoms with Crippen LogP contribution < -0.4 is 0 Å². The quantitative estimate of drug-likeness (QED) is 0.723. The molecule has 0 aliphatic carbocycles. The van der Waals surface area contributed by atoms with Crippen molar-refractivity contribution in [3.8, 4) is 0 Å². The molecular formula is C11H23NO2. The largest absolute Gasteiger partial charge is 0.395 e. The van der Waals surface area contributed by atoms with Crippen LogP contribution in [-0.4, -0.2) is 49.0 Å². The van der Waals surface area contributed by atoms with Gasteiger partial charge < -0.3 is 9.84 Å². The SMILES string of the molecule is CCC(CC)CN1CCOCC1CO. The maximum absolute atomic E-state index is 9.20. The number of hydrogen-bond donors (Lipinski definition) is 1. The van der Waals surface area contributed by atoms with Crippen molar-refractivity contribution in [2.75, 3.05) is 32.9 Å². The number of hydrogen-bond acceptors (Lipinski definition) is 3. The standard InChI is InChI=1S/C11H23NO2/c1-3-10(4-2)7-12-5-6-14-9-11(12)8-13/h10-11,13H,3-9H2,1-2H3. The molecule has 1 N–H and O–H groups in total. The van der Waals surface area contributed by atoms with E-state index >= 15 is 0 Å². The number of aliphatic hydroxyl groups is 1. The lowest BCUT2D eigenvalue weighted by Gasteiger charge is -2.36. The molecule has 0 saturated carbocycles. The van der Waals surface area contributed by atoms with E-state index in [0.29, 0.717) is 6.61 Å². The molecule has 0 spiro atoms. The summed E-state index contributed by atoms with van der Waals surface area (Å²) < 4.78 is 5.35. The molecule has 0 amide bonds. The van der Waals surface area contributed by atoms with Gasteiger partial charge >= 0.3 is 0 Å². The third-order valence-electron chi connectivity index (χ3n) is 3.21. The van der Waals surface area contributed by atoms with Crippen LogP contribution in [0.4, 0.5) is 0 Å². The predicted octanol–water partition coefficient (Wildman–Crippen LogP) is 1.12. The zero-order valence-corrected chi connectivity index (χ0v) is 9.41. The Labute approximate surface area is 87.1 Å². The van der Waals surface area contributed by atoms with E-state index < -0.39 is 0 Å². The first kappa shape index (κ1) is 12.0. The predicted molar refractivity (Wildman–Crippen MR) is 57.3 cm³/mol. The van der Waals surface area contributed by atoms with Gasteiger partial charge in [-0.15, -0.1) is 0 Å². The van der Waals surface area contributed by atoms with E-state index in [1.807, 2.05) is 0 Å². The summed E-state index contributed by atoms with van der Waals surface area (Å²) in [6.07, 6.45) is 2.46. The van der Waals surface area contributed by atoms with Gasteiger partial charge in [-0.2, -0.15) is 0 Å². The van der Waals surface area contributed by atoms with Gasteiger partial charge in [-0.3, -0.25) is 4.90 Å². The summed E-state index contributed by atoms with van der Waals surface area (Å²) >= 11 is 0. The molecule has 0 aromatic carbocycles. The highest BCUT2D eigenvalue weighted by molar-refractivity contribution is 4.76. The van der Waals surface area contributed by atoms with E-state index in [9.17, 15) is 5.11 Å². The molecule has 1 fully saturated rings. The second-order valence-electron chi connectivity index (χ2n) is 4.09. The topological polar surface area (TPSA) is 32.7 Å². The van der Waals surface area contributed by atoms with Gasteiger partial charge in [0.1, 0.15) is 0 Å². The molecule has 0 aromatic heterocycles. The zero-order valence-electron chi connectivity index (χ0n) is 9.41. The molecule has 0 aromatic rings. The molecular weight excluding hydrogens is 178 g/mol. The second-order valence-corrected chi connectivity index (χ2v) is 4.09. The Morgan fingerprint density at radius 3 is 2.71 bits per heavy atom. The number of morpholine rings is 1. The van der Waals surface area contributed by atoms with E-state index in [2.05, 4.69) is 18.7 Å². The van der Waals surface area contributed by atoms with Crippen LogP contribution in [0.5, 0.6) is 0 Å². The minimum atomic E-state index is 0.222. The van der Waals surface area contributed by atoms with Crippen LogP contribution in [0.15, 0.2) is 0 Å². The Morgan fingerprint density at radius 2 is 2.14 bits per heavy atom. The maximum atomic E-state index is 9.20. The summed E-state index contributed by atoms with van der Waals surface area (Å²) in [7, 11) is 0. The summed E-state index contributed by atoms with van der Waals surface area (Å²) in [5.41, 5.74) is 0. The Hall–Kier alpha value is -0.120. The Bertz CT molecular complexity index is 148. The van der Waals surface area contributed by atoms with Crippen LogP contribution in [0.2, 0.25) is 0 Å². The number of ether oxygens (including phenoxy) is 1. The molecule has 1 atom stereocenters. The Balaban J connectivity index is 2.39. The van der Waals surface area contributed by atoms with Gasteiger partial charge in [0.05, 0.1) is 25.9 Å². The van der Waals surface area contributed by atoms with Gasteiger partial charge in [-0.25, -0.2) is 0 Å². The number of aliphatic hydroxyl groups excluding tert-OH is 1. The molecule has 3 heteroatoms.